The zero-order chi connectivity index (χ0) is 15.4. The topological polar surface area (TPSA) is 61.2 Å². The Labute approximate surface area is 133 Å². The quantitative estimate of drug-likeness (QED) is 0.632. The monoisotopic (exact) mass is 324 g/mol. The standard InChI is InChI=1S/C15H14Cl2N2O2/c16-12-5-4-10(8-13(12)17)14(20)11(9-18)15(21)19-6-2-1-3-7-19/h4-5,8,11H,1-3,6-7H2. The Hall–Kier alpha value is -1.57. The first kappa shape index (κ1) is 15.8. The van der Waals surface area contributed by atoms with E-state index < -0.39 is 17.6 Å². The number of Topliss-reactive ketones (excluding diaryl/α,β-unsaturated/α-hetero) is 1. The molecule has 0 spiro atoms. The summed E-state index contributed by atoms with van der Waals surface area (Å²) in [4.78, 5) is 26.3. The molecule has 110 valence electrons. The van der Waals surface area contributed by atoms with E-state index >= 15 is 0 Å². The fraction of sp³-hybridized carbons (Fsp3) is 0.400. The number of rotatable bonds is 3. The maximum absolute atomic E-state index is 12.4. The SMILES string of the molecule is N#CC(C(=O)c1ccc(Cl)c(Cl)c1)C(=O)N1CCCCC1. The van der Waals surface area contributed by atoms with Gasteiger partial charge in [0.2, 0.25) is 5.91 Å². The number of piperidine rings is 1. The molecule has 0 N–H and O–H groups in total. The minimum Gasteiger partial charge on any atom is -0.341 e. The van der Waals surface area contributed by atoms with E-state index in [4.69, 9.17) is 23.2 Å². The number of carbonyl (C=O) groups excluding carboxylic acids is 2. The number of amides is 1. The minimum atomic E-state index is -1.32. The molecule has 2 rings (SSSR count). The molecule has 0 aromatic heterocycles. The molecular weight excluding hydrogens is 311 g/mol. The average molecular weight is 325 g/mol. The van der Waals surface area contributed by atoms with Crippen molar-refractivity contribution in [1.29, 1.82) is 5.26 Å². The predicted octanol–water partition coefficient (Wildman–Crippen LogP) is 3.33. The Balaban J connectivity index is 2.19. The smallest absolute Gasteiger partial charge is 0.247 e. The zero-order valence-corrected chi connectivity index (χ0v) is 12.8. The van der Waals surface area contributed by atoms with Gasteiger partial charge in [-0.2, -0.15) is 5.26 Å². The highest BCUT2D eigenvalue weighted by atomic mass is 35.5. The summed E-state index contributed by atoms with van der Waals surface area (Å²) in [6.07, 6.45) is 2.89. The highest BCUT2D eigenvalue weighted by Gasteiger charge is 2.32. The molecule has 0 saturated carbocycles. The molecule has 1 aliphatic heterocycles. The number of nitrogens with zero attached hydrogens (tertiary/aromatic N) is 2. The van der Waals surface area contributed by atoms with Gasteiger partial charge in [-0.1, -0.05) is 23.2 Å². The fourth-order valence-electron chi connectivity index (χ4n) is 2.34. The summed E-state index contributed by atoms with van der Waals surface area (Å²) in [6.45, 7) is 1.21. The summed E-state index contributed by atoms with van der Waals surface area (Å²) in [6, 6.07) is 6.16. The summed E-state index contributed by atoms with van der Waals surface area (Å²) in [5.74, 6) is -2.28. The van der Waals surface area contributed by atoms with Crippen LogP contribution in [0.2, 0.25) is 10.0 Å². The van der Waals surface area contributed by atoms with E-state index in [1.54, 1.807) is 4.90 Å². The molecule has 1 heterocycles. The van der Waals surface area contributed by atoms with Crippen molar-refractivity contribution < 1.29 is 9.59 Å². The summed E-state index contributed by atoms with van der Waals surface area (Å²) < 4.78 is 0. The lowest BCUT2D eigenvalue weighted by Crippen LogP contribution is -2.41. The van der Waals surface area contributed by atoms with Gasteiger partial charge in [0.1, 0.15) is 0 Å². The molecule has 1 aromatic carbocycles. The van der Waals surface area contributed by atoms with Crippen molar-refractivity contribution in [2.24, 2.45) is 5.92 Å². The van der Waals surface area contributed by atoms with Crippen LogP contribution in [0.4, 0.5) is 0 Å². The first-order valence-electron chi connectivity index (χ1n) is 6.72. The lowest BCUT2D eigenvalue weighted by atomic mass is 9.96. The molecule has 1 aromatic rings. The molecule has 1 fully saturated rings. The van der Waals surface area contributed by atoms with Crippen molar-refractivity contribution in [1.82, 2.24) is 4.90 Å². The van der Waals surface area contributed by atoms with E-state index in [1.165, 1.54) is 18.2 Å². The molecule has 0 bridgehead atoms. The van der Waals surface area contributed by atoms with Gasteiger partial charge in [0.25, 0.3) is 0 Å². The molecule has 1 amide bonds. The lowest BCUT2D eigenvalue weighted by Gasteiger charge is -2.28. The molecular formula is C15H14Cl2N2O2. The van der Waals surface area contributed by atoms with Crippen LogP contribution in [0.1, 0.15) is 29.6 Å². The highest BCUT2D eigenvalue weighted by molar-refractivity contribution is 6.42. The number of ketones is 1. The van der Waals surface area contributed by atoms with Crippen LogP contribution in [-0.4, -0.2) is 29.7 Å². The minimum absolute atomic E-state index is 0.223. The summed E-state index contributed by atoms with van der Waals surface area (Å²) >= 11 is 11.7. The Kier molecular flexibility index (Phi) is 5.22. The van der Waals surface area contributed by atoms with Crippen LogP contribution in [0.5, 0.6) is 0 Å². The van der Waals surface area contributed by atoms with Crippen molar-refractivity contribution in [3.8, 4) is 6.07 Å². The molecule has 0 radical (unpaired) electrons. The first-order valence-corrected chi connectivity index (χ1v) is 7.48. The summed E-state index contributed by atoms with van der Waals surface area (Å²) in [5, 5.41) is 9.76. The third kappa shape index (κ3) is 3.55. The molecule has 1 aliphatic rings. The second kappa shape index (κ2) is 6.93. The van der Waals surface area contributed by atoms with Gasteiger partial charge in [0.15, 0.2) is 11.7 Å². The number of nitriles is 1. The number of halogens is 2. The average Bonchev–Trinajstić information content (AvgIpc) is 2.51. The van der Waals surface area contributed by atoms with Crippen LogP contribution in [0.3, 0.4) is 0 Å². The summed E-state index contributed by atoms with van der Waals surface area (Å²) in [7, 11) is 0. The van der Waals surface area contributed by atoms with Crippen LogP contribution in [0.15, 0.2) is 18.2 Å². The maximum atomic E-state index is 12.4. The Morgan fingerprint density at radius 3 is 2.38 bits per heavy atom. The van der Waals surface area contributed by atoms with E-state index in [0.29, 0.717) is 18.1 Å². The number of hydrogen-bond acceptors (Lipinski definition) is 3. The third-order valence-electron chi connectivity index (χ3n) is 3.51. The number of likely N-dealkylation sites (tertiary alicyclic amines) is 1. The van der Waals surface area contributed by atoms with Crippen molar-refractivity contribution in [3.63, 3.8) is 0 Å². The van der Waals surface area contributed by atoms with Crippen LogP contribution in [0, 0.1) is 17.2 Å². The number of benzene rings is 1. The molecule has 6 heteroatoms. The van der Waals surface area contributed by atoms with Gasteiger partial charge in [0.05, 0.1) is 16.1 Å². The van der Waals surface area contributed by atoms with Gasteiger partial charge in [-0.15, -0.1) is 0 Å². The fourth-order valence-corrected chi connectivity index (χ4v) is 2.64. The van der Waals surface area contributed by atoms with Crippen LogP contribution >= 0.6 is 23.2 Å². The lowest BCUT2D eigenvalue weighted by molar-refractivity contribution is -0.133. The largest absolute Gasteiger partial charge is 0.341 e. The van der Waals surface area contributed by atoms with E-state index in [1.807, 2.05) is 6.07 Å². The Morgan fingerprint density at radius 1 is 1.14 bits per heavy atom. The Bertz CT molecular complexity index is 604. The van der Waals surface area contributed by atoms with Gasteiger partial charge in [0, 0.05) is 18.7 Å². The second-order valence-corrected chi connectivity index (χ2v) is 5.76. The molecule has 4 nitrogen and oxygen atoms in total. The van der Waals surface area contributed by atoms with Crippen molar-refractivity contribution in [2.45, 2.75) is 19.3 Å². The van der Waals surface area contributed by atoms with Gasteiger partial charge >= 0.3 is 0 Å². The van der Waals surface area contributed by atoms with E-state index in [0.717, 1.165) is 19.3 Å². The van der Waals surface area contributed by atoms with E-state index in [9.17, 15) is 14.9 Å². The van der Waals surface area contributed by atoms with E-state index in [-0.39, 0.29) is 10.6 Å². The van der Waals surface area contributed by atoms with Crippen molar-refractivity contribution >= 4 is 34.9 Å². The maximum Gasteiger partial charge on any atom is 0.247 e. The third-order valence-corrected chi connectivity index (χ3v) is 4.25. The molecule has 0 aliphatic carbocycles. The van der Waals surface area contributed by atoms with Crippen LogP contribution < -0.4 is 0 Å². The number of carbonyl (C=O) groups is 2. The normalized spacial score (nSPS) is 16.1. The Morgan fingerprint density at radius 2 is 1.81 bits per heavy atom. The van der Waals surface area contributed by atoms with Gasteiger partial charge in [-0.3, -0.25) is 9.59 Å². The predicted molar refractivity (Wildman–Crippen MR) is 80.3 cm³/mol. The molecule has 1 atom stereocenters. The van der Waals surface area contributed by atoms with Crippen molar-refractivity contribution in [2.75, 3.05) is 13.1 Å². The second-order valence-electron chi connectivity index (χ2n) is 4.94. The van der Waals surface area contributed by atoms with Crippen LogP contribution in [-0.2, 0) is 4.79 Å². The molecule has 21 heavy (non-hydrogen) atoms. The molecule has 1 unspecified atom stereocenters. The zero-order valence-electron chi connectivity index (χ0n) is 11.3. The van der Waals surface area contributed by atoms with Crippen molar-refractivity contribution in [3.05, 3.63) is 33.8 Å². The number of hydrogen-bond donors (Lipinski definition) is 0. The summed E-state index contributed by atoms with van der Waals surface area (Å²) in [5.41, 5.74) is 0.223. The van der Waals surface area contributed by atoms with Crippen LogP contribution in [0.25, 0.3) is 0 Å². The first-order chi connectivity index (χ1) is 10.0. The van der Waals surface area contributed by atoms with Gasteiger partial charge in [-0.25, -0.2) is 0 Å². The highest BCUT2D eigenvalue weighted by Crippen LogP contribution is 2.24. The molecule has 1 saturated heterocycles. The van der Waals surface area contributed by atoms with E-state index in [2.05, 4.69) is 0 Å². The van der Waals surface area contributed by atoms with Gasteiger partial charge < -0.3 is 4.90 Å². The van der Waals surface area contributed by atoms with Gasteiger partial charge in [-0.05, 0) is 37.5 Å².